The predicted molar refractivity (Wildman–Crippen MR) is 66.5 cm³/mol. The van der Waals surface area contributed by atoms with E-state index in [1.165, 1.54) is 51.4 Å². The zero-order valence-corrected chi connectivity index (χ0v) is 10.7. The molecule has 0 atom stereocenters. The molecule has 0 saturated carbocycles. The zero-order valence-electron chi connectivity index (χ0n) is 10.7. The molecule has 0 aliphatic carbocycles. The van der Waals surface area contributed by atoms with Crippen molar-refractivity contribution in [2.45, 2.75) is 77.0 Å². The Kier molecular flexibility index (Phi) is 14.8. The maximum atomic E-state index is 10.2. The van der Waals surface area contributed by atoms with Crippen LogP contribution in [0.25, 0.3) is 0 Å². The third-order valence-electron chi connectivity index (χ3n) is 3.04. The van der Waals surface area contributed by atoms with E-state index >= 15 is 0 Å². The highest BCUT2D eigenvalue weighted by atomic mass is 16.3. The minimum atomic E-state index is 0.101. The molecule has 0 aliphatic rings. The molecule has 2 nitrogen and oxygen atoms in total. The summed E-state index contributed by atoms with van der Waals surface area (Å²) >= 11 is 0. The summed E-state index contributed by atoms with van der Waals surface area (Å²) in [7, 11) is 0. The maximum absolute atomic E-state index is 10.2. The summed E-state index contributed by atoms with van der Waals surface area (Å²) in [6, 6.07) is 0. The molecule has 0 N–H and O–H groups in total. The van der Waals surface area contributed by atoms with Crippen LogP contribution < -0.4 is 0 Å². The lowest BCUT2D eigenvalue weighted by atomic mass is 10.1. The first-order valence-corrected chi connectivity index (χ1v) is 7.08. The molecule has 2 radical (unpaired) electrons. The molecule has 0 saturated heterocycles. The minimum Gasteiger partial charge on any atom is -0.237 e. The molecule has 0 spiro atoms. The van der Waals surface area contributed by atoms with Crippen LogP contribution in [0.2, 0.25) is 0 Å². The summed E-state index contributed by atoms with van der Waals surface area (Å²) in [4.78, 5) is 0. The van der Waals surface area contributed by atoms with Gasteiger partial charge in [-0.1, -0.05) is 64.2 Å². The van der Waals surface area contributed by atoms with Crippen LogP contribution >= 0.6 is 0 Å². The minimum absolute atomic E-state index is 0.101. The summed E-state index contributed by atoms with van der Waals surface area (Å²) in [6.45, 7) is 0.201. The van der Waals surface area contributed by atoms with Gasteiger partial charge in [-0.3, -0.25) is 0 Å². The molecule has 0 fully saturated rings. The van der Waals surface area contributed by atoms with Gasteiger partial charge in [0.25, 0.3) is 0 Å². The van der Waals surface area contributed by atoms with Gasteiger partial charge in [0.05, 0.1) is 13.2 Å². The number of rotatable bonds is 13. The SMILES string of the molecule is [O]CCCCCCCCCCCCCC[O]. The Hall–Kier alpha value is -0.0800. The van der Waals surface area contributed by atoms with E-state index in [4.69, 9.17) is 0 Å². The van der Waals surface area contributed by atoms with Gasteiger partial charge in [-0.2, -0.15) is 0 Å². The molecule has 0 rings (SSSR count). The fourth-order valence-corrected chi connectivity index (χ4v) is 1.97. The average molecular weight is 228 g/mol. The highest BCUT2D eigenvalue weighted by molar-refractivity contribution is 4.48. The third kappa shape index (κ3) is 13.9. The van der Waals surface area contributed by atoms with Gasteiger partial charge in [0.15, 0.2) is 0 Å². The second-order valence-corrected chi connectivity index (χ2v) is 4.65. The molecule has 0 aromatic rings. The highest BCUT2D eigenvalue weighted by Gasteiger charge is 1.93. The van der Waals surface area contributed by atoms with E-state index in [-0.39, 0.29) is 13.2 Å². The normalized spacial score (nSPS) is 10.9. The third-order valence-corrected chi connectivity index (χ3v) is 3.04. The van der Waals surface area contributed by atoms with Crippen molar-refractivity contribution in [3.63, 3.8) is 0 Å². The van der Waals surface area contributed by atoms with Crippen molar-refractivity contribution in [3.05, 3.63) is 0 Å². The van der Waals surface area contributed by atoms with Crippen molar-refractivity contribution < 1.29 is 10.2 Å². The average Bonchev–Trinajstić information content (AvgIpc) is 2.31. The van der Waals surface area contributed by atoms with Gasteiger partial charge in [-0.15, -0.1) is 0 Å². The van der Waals surface area contributed by atoms with E-state index in [2.05, 4.69) is 0 Å². The zero-order chi connectivity index (χ0) is 11.9. The molecular formula is C14H28O2. The second kappa shape index (κ2) is 14.9. The number of hydrogen-bond acceptors (Lipinski definition) is 0. The quantitative estimate of drug-likeness (QED) is 0.416. The van der Waals surface area contributed by atoms with E-state index in [0.717, 1.165) is 25.7 Å². The lowest BCUT2D eigenvalue weighted by Gasteiger charge is -2.01. The van der Waals surface area contributed by atoms with Gasteiger partial charge >= 0.3 is 0 Å². The Bertz CT molecular complexity index is 101. The Labute approximate surface area is 101 Å². The van der Waals surface area contributed by atoms with Crippen LogP contribution in [0.1, 0.15) is 77.0 Å². The largest absolute Gasteiger partial charge is 0.237 e. The molecule has 0 bridgehead atoms. The molecule has 0 aromatic heterocycles. The Balaban J connectivity index is 2.83. The van der Waals surface area contributed by atoms with Crippen molar-refractivity contribution in [2.24, 2.45) is 0 Å². The van der Waals surface area contributed by atoms with Crippen molar-refractivity contribution in [3.8, 4) is 0 Å². The van der Waals surface area contributed by atoms with Gasteiger partial charge in [0.1, 0.15) is 0 Å². The van der Waals surface area contributed by atoms with E-state index in [1.54, 1.807) is 0 Å². The fraction of sp³-hybridized carbons (Fsp3) is 1.00. The van der Waals surface area contributed by atoms with Gasteiger partial charge in [0.2, 0.25) is 0 Å². The van der Waals surface area contributed by atoms with E-state index < -0.39 is 0 Å². The molecule has 0 unspecified atom stereocenters. The predicted octanol–water partition coefficient (Wildman–Crippen LogP) is 4.53. The summed E-state index contributed by atoms with van der Waals surface area (Å²) < 4.78 is 0. The van der Waals surface area contributed by atoms with E-state index in [9.17, 15) is 10.2 Å². The maximum Gasteiger partial charge on any atom is 0.0822 e. The van der Waals surface area contributed by atoms with Crippen LogP contribution in [0.15, 0.2) is 0 Å². The molecule has 2 heteroatoms. The van der Waals surface area contributed by atoms with Gasteiger partial charge in [-0.25, -0.2) is 10.2 Å². The molecule has 0 aromatic carbocycles. The van der Waals surface area contributed by atoms with Crippen molar-refractivity contribution in [1.29, 1.82) is 0 Å². The van der Waals surface area contributed by atoms with Crippen LogP contribution in [0.3, 0.4) is 0 Å². The summed E-state index contributed by atoms with van der Waals surface area (Å²) in [6.07, 6.45) is 14.4. The van der Waals surface area contributed by atoms with Crippen molar-refractivity contribution in [1.82, 2.24) is 0 Å². The molecule has 16 heavy (non-hydrogen) atoms. The van der Waals surface area contributed by atoms with Crippen LogP contribution in [0.5, 0.6) is 0 Å². The monoisotopic (exact) mass is 228 g/mol. The smallest absolute Gasteiger partial charge is 0.0822 e. The van der Waals surface area contributed by atoms with Crippen molar-refractivity contribution >= 4 is 0 Å². The topological polar surface area (TPSA) is 39.8 Å². The molecule has 0 aliphatic heterocycles. The first-order chi connectivity index (χ1) is 7.91. The van der Waals surface area contributed by atoms with Crippen LogP contribution in [0, 0.1) is 0 Å². The Morgan fingerprint density at radius 2 is 0.500 bits per heavy atom. The van der Waals surface area contributed by atoms with Crippen molar-refractivity contribution in [2.75, 3.05) is 13.2 Å². The van der Waals surface area contributed by atoms with Crippen LogP contribution in [-0.4, -0.2) is 13.2 Å². The molecular weight excluding hydrogens is 200 g/mol. The number of hydrogen-bond donors (Lipinski definition) is 0. The molecule has 0 heterocycles. The Morgan fingerprint density at radius 1 is 0.312 bits per heavy atom. The van der Waals surface area contributed by atoms with E-state index in [0.29, 0.717) is 0 Å². The Morgan fingerprint density at radius 3 is 0.688 bits per heavy atom. The van der Waals surface area contributed by atoms with E-state index in [1.807, 2.05) is 0 Å². The molecule has 0 amide bonds. The van der Waals surface area contributed by atoms with Crippen LogP contribution in [0.4, 0.5) is 0 Å². The number of unbranched alkanes of at least 4 members (excludes halogenated alkanes) is 11. The molecule has 96 valence electrons. The summed E-state index contributed by atoms with van der Waals surface area (Å²) in [5.41, 5.74) is 0. The first kappa shape index (κ1) is 15.9. The summed E-state index contributed by atoms with van der Waals surface area (Å²) in [5.74, 6) is 0. The highest BCUT2D eigenvalue weighted by Crippen LogP contribution is 2.11. The summed E-state index contributed by atoms with van der Waals surface area (Å²) in [5, 5.41) is 20.4. The van der Waals surface area contributed by atoms with Gasteiger partial charge < -0.3 is 0 Å². The fourth-order valence-electron chi connectivity index (χ4n) is 1.97. The van der Waals surface area contributed by atoms with Crippen LogP contribution in [-0.2, 0) is 10.2 Å². The lowest BCUT2D eigenvalue weighted by Crippen LogP contribution is -1.85. The second-order valence-electron chi connectivity index (χ2n) is 4.65. The van der Waals surface area contributed by atoms with Gasteiger partial charge in [-0.05, 0) is 12.8 Å². The lowest BCUT2D eigenvalue weighted by molar-refractivity contribution is 0.185. The first-order valence-electron chi connectivity index (χ1n) is 7.08. The van der Waals surface area contributed by atoms with Gasteiger partial charge in [0, 0.05) is 0 Å². The standard InChI is InChI=1S/C14H28O2/c15-13-11-9-7-5-3-1-2-4-6-8-10-12-14-16/h1-14H2.